The summed E-state index contributed by atoms with van der Waals surface area (Å²) < 4.78 is 10.6. The van der Waals surface area contributed by atoms with E-state index in [-0.39, 0.29) is 11.7 Å². The summed E-state index contributed by atoms with van der Waals surface area (Å²) in [6, 6.07) is 0. The van der Waals surface area contributed by atoms with Gasteiger partial charge in [-0.2, -0.15) is 0 Å². The molecule has 0 aromatic carbocycles. The molecule has 0 aliphatic carbocycles. The molecule has 0 bridgehead atoms. The molecule has 0 spiro atoms. The number of rotatable bonds is 6. The smallest absolute Gasteiger partial charge is 0.162 e. The lowest BCUT2D eigenvalue weighted by Crippen LogP contribution is -2.32. The van der Waals surface area contributed by atoms with E-state index in [1.807, 2.05) is 0 Å². The van der Waals surface area contributed by atoms with Crippen LogP contribution < -0.4 is 0 Å². The van der Waals surface area contributed by atoms with Gasteiger partial charge in [-0.25, -0.2) is 0 Å². The molecule has 0 saturated carbocycles. The zero-order valence-electron chi connectivity index (χ0n) is 10.4. The van der Waals surface area contributed by atoms with Gasteiger partial charge in [-0.3, -0.25) is 0 Å². The van der Waals surface area contributed by atoms with Crippen LogP contribution in [0.1, 0.15) is 40.5 Å². The van der Waals surface area contributed by atoms with E-state index in [0.717, 1.165) is 12.8 Å². The van der Waals surface area contributed by atoms with Gasteiger partial charge in [-0.1, -0.05) is 32.4 Å². The van der Waals surface area contributed by atoms with Crippen molar-refractivity contribution in [3.8, 4) is 0 Å². The summed E-state index contributed by atoms with van der Waals surface area (Å²) in [5, 5.41) is 0. The monoisotopic (exact) mass is 200 g/mol. The topological polar surface area (TPSA) is 18.5 Å². The largest absolute Gasteiger partial charge is 0.355 e. The Hall–Kier alpha value is -0.340. The number of methoxy groups -OCH3 is 2. The first kappa shape index (κ1) is 13.7. The Kier molecular flexibility index (Phi) is 6.05. The van der Waals surface area contributed by atoms with Crippen LogP contribution in [0.25, 0.3) is 0 Å². The summed E-state index contributed by atoms with van der Waals surface area (Å²) in [6.07, 6.45) is 4.23. The van der Waals surface area contributed by atoms with Gasteiger partial charge in [0, 0.05) is 19.6 Å². The van der Waals surface area contributed by atoms with Gasteiger partial charge >= 0.3 is 0 Å². The minimum Gasteiger partial charge on any atom is -0.355 e. The van der Waals surface area contributed by atoms with Gasteiger partial charge in [0.05, 0.1) is 0 Å². The zero-order valence-corrected chi connectivity index (χ0v) is 10.4. The van der Waals surface area contributed by atoms with Gasteiger partial charge in [0.1, 0.15) is 0 Å². The maximum atomic E-state index is 5.28. The van der Waals surface area contributed by atoms with E-state index in [1.54, 1.807) is 14.2 Å². The Morgan fingerprint density at radius 3 is 2.14 bits per heavy atom. The standard InChI is InChI=1S/C12H24O2/c1-7-10(2)8-9-12(3,4)11(13-5)14-6/h8,11H,7,9H2,1-6H3. The molecular formula is C12H24O2. The number of allylic oxidation sites excluding steroid dienone is 2. The molecule has 0 amide bonds. The van der Waals surface area contributed by atoms with Gasteiger partial charge in [-0.05, 0) is 19.8 Å². The van der Waals surface area contributed by atoms with Crippen LogP contribution in [0.3, 0.4) is 0 Å². The Balaban J connectivity index is 4.31. The minimum absolute atomic E-state index is 0.0277. The molecule has 0 aromatic heterocycles. The predicted molar refractivity (Wildman–Crippen MR) is 60.3 cm³/mol. The van der Waals surface area contributed by atoms with Crippen LogP contribution in [-0.2, 0) is 9.47 Å². The minimum atomic E-state index is -0.136. The van der Waals surface area contributed by atoms with E-state index in [2.05, 4.69) is 33.8 Å². The molecule has 14 heavy (non-hydrogen) atoms. The quantitative estimate of drug-likeness (QED) is 0.483. The molecule has 0 aliphatic heterocycles. The van der Waals surface area contributed by atoms with Gasteiger partial charge in [0.25, 0.3) is 0 Å². The highest BCUT2D eigenvalue weighted by atomic mass is 16.7. The average Bonchev–Trinajstić information content (AvgIpc) is 2.15. The Morgan fingerprint density at radius 2 is 1.79 bits per heavy atom. The van der Waals surface area contributed by atoms with E-state index in [0.29, 0.717) is 0 Å². The summed E-state index contributed by atoms with van der Waals surface area (Å²) in [5.41, 5.74) is 1.45. The molecule has 84 valence electrons. The third-order valence-corrected chi connectivity index (χ3v) is 2.60. The highest BCUT2D eigenvalue weighted by molar-refractivity contribution is 4.99. The third kappa shape index (κ3) is 4.25. The Bertz CT molecular complexity index is 179. The fraction of sp³-hybridized carbons (Fsp3) is 0.833. The number of hydrogen-bond donors (Lipinski definition) is 0. The van der Waals surface area contributed by atoms with Crippen LogP contribution in [0.4, 0.5) is 0 Å². The maximum Gasteiger partial charge on any atom is 0.162 e. The van der Waals surface area contributed by atoms with Crippen molar-refractivity contribution in [1.82, 2.24) is 0 Å². The second kappa shape index (κ2) is 6.20. The Morgan fingerprint density at radius 1 is 1.29 bits per heavy atom. The van der Waals surface area contributed by atoms with Crippen LogP contribution in [-0.4, -0.2) is 20.5 Å². The first-order valence-electron chi connectivity index (χ1n) is 5.19. The fourth-order valence-corrected chi connectivity index (χ4v) is 1.41. The van der Waals surface area contributed by atoms with Crippen LogP contribution >= 0.6 is 0 Å². The number of hydrogen-bond acceptors (Lipinski definition) is 2. The molecule has 0 N–H and O–H groups in total. The average molecular weight is 200 g/mol. The van der Waals surface area contributed by atoms with Crippen LogP contribution in [0.5, 0.6) is 0 Å². The second-order valence-corrected chi connectivity index (χ2v) is 4.40. The summed E-state index contributed by atoms with van der Waals surface area (Å²) >= 11 is 0. The molecule has 0 atom stereocenters. The van der Waals surface area contributed by atoms with E-state index in [9.17, 15) is 0 Å². The molecule has 2 heteroatoms. The van der Waals surface area contributed by atoms with Crippen LogP contribution in [0.15, 0.2) is 11.6 Å². The normalized spacial score (nSPS) is 13.8. The molecule has 0 radical (unpaired) electrons. The Labute approximate surface area is 88.3 Å². The molecule has 0 aromatic rings. The summed E-state index contributed by atoms with van der Waals surface area (Å²) in [4.78, 5) is 0. The molecule has 0 fully saturated rings. The van der Waals surface area contributed by atoms with Crippen molar-refractivity contribution >= 4 is 0 Å². The van der Waals surface area contributed by atoms with Gasteiger partial charge in [0.2, 0.25) is 0 Å². The third-order valence-electron chi connectivity index (χ3n) is 2.60. The molecule has 2 nitrogen and oxygen atoms in total. The molecular weight excluding hydrogens is 176 g/mol. The predicted octanol–water partition coefficient (Wildman–Crippen LogP) is 3.38. The van der Waals surface area contributed by atoms with Gasteiger partial charge in [-0.15, -0.1) is 0 Å². The molecule has 0 unspecified atom stereocenters. The highest BCUT2D eigenvalue weighted by Gasteiger charge is 2.28. The lowest BCUT2D eigenvalue weighted by atomic mass is 9.87. The van der Waals surface area contributed by atoms with E-state index in [4.69, 9.17) is 9.47 Å². The SMILES string of the molecule is CCC(C)=CCC(C)(C)C(OC)OC. The van der Waals surface area contributed by atoms with E-state index in [1.165, 1.54) is 5.57 Å². The van der Waals surface area contributed by atoms with Crippen molar-refractivity contribution in [2.45, 2.75) is 46.8 Å². The lowest BCUT2D eigenvalue weighted by Gasteiger charge is -2.31. The van der Waals surface area contributed by atoms with Crippen LogP contribution in [0.2, 0.25) is 0 Å². The highest BCUT2D eigenvalue weighted by Crippen LogP contribution is 2.29. The molecule has 0 saturated heterocycles. The second-order valence-electron chi connectivity index (χ2n) is 4.40. The van der Waals surface area contributed by atoms with Crippen molar-refractivity contribution in [1.29, 1.82) is 0 Å². The summed E-state index contributed by atoms with van der Waals surface area (Å²) in [7, 11) is 3.37. The summed E-state index contributed by atoms with van der Waals surface area (Å²) in [6.45, 7) is 8.64. The van der Waals surface area contributed by atoms with E-state index < -0.39 is 0 Å². The van der Waals surface area contributed by atoms with E-state index >= 15 is 0 Å². The zero-order chi connectivity index (χ0) is 11.2. The first-order valence-corrected chi connectivity index (χ1v) is 5.19. The first-order chi connectivity index (χ1) is 6.47. The maximum absolute atomic E-state index is 5.28. The van der Waals surface area contributed by atoms with Crippen molar-refractivity contribution in [3.05, 3.63) is 11.6 Å². The molecule has 0 heterocycles. The molecule has 0 aliphatic rings. The van der Waals surface area contributed by atoms with Gasteiger partial charge in [0.15, 0.2) is 6.29 Å². The van der Waals surface area contributed by atoms with Crippen molar-refractivity contribution in [3.63, 3.8) is 0 Å². The van der Waals surface area contributed by atoms with Crippen molar-refractivity contribution in [2.24, 2.45) is 5.41 Å². The van der Waals surface area contributed by atoms with Crippen molar-refractivity contribution < 1.29 is 9.47 Å². The van der Waals surface area contributed by atoms with Crippen molar-refractivity contribution in [2.75, 3.05) is 14.2 Å². The van der Waals surface area contributed by atoms with Gasteiger partial charge < -0.3 is 9.47 Å². The lowest BCUT2D eigenvalue weighted by molar-refractivity contribution is -0.166. The number of ether oxygens (including phenoxy) is 2. The van der Waals surface area contributed by atoms with Crippen LogP contribution in [0, 0.1) is 5.41 Å². The molecule has 0 rings (SSSR count). The summed E-state index contributed by atoms with van der Waals surface area (Å²) in [5.74, 6) is 0. The fourth-order valence-electron chi connectivity index (χ4n) is 1.41.